The van der Waals surface area contributed by atoms with Crippen LogP contribution in [0.25, 0.3) is 0 Å². The Kier molecular flexibility index (Phi) is 5.99. The number of aromatic nitrogens is 1. The first kappa shape index (κ1) is 19.7. The van der Waals surface area contributed by atoms with Gasteiger partial charge in [0.25, 0.3) is 0 Å². The molecule has 2 aromatic carbocycles. The first-order chi connectivity index (χ1) is 14.2. The molecule has 1 aliphatic heterocycles. The van der Waals surface area contributed by atoms with Gasteiger partial charge in [0, 0.05) is 22.9 Å². The van der Waals surface area contributed by atoms with E-state index >= 15 is 0 Å². The highest BCUT2D eigenvalue weighted by Crippen LogP contribution is 2.42. The fourth-order valence-corrected chi connectivity index (χ4v) is 4.71. The van der Waals surface area contributed by atoms with Crippen LogP contribution in [0.4, 0.5) is 5.82 Å². The van der Waals surface area contributed by atoms with Gasteiger partial charge in [0.15, 0.2) is 11.6 Å². The van der Waals surface area contributed by atoms with Crippen LogP contribution in [0.1, 0.15) is 6.92 Å². The molecule has 0 spiro atoms. The summed E-state index contributed by atoms with van der Waals surface area (Å²) in [4.78, 5) is 8.66. The van der Waals surface area contributed by atoms with Gasteiger partial charge in [-0.1, -0.05) is 53.9 Å². The molecule has 0 amide bonds. The molecule has 2 N–H and O–H groups in total. The van der Waals surface area contributed by atoms with Gasteiger partial charge in [0.05, 0.1) is 12.0 Å². The van der Waals surface area contributed by atoms with Crippen LogP contribution < -0.4 is 20.1 Å². The Hall–Kier alpha value is -2.61. The lowest BCUT2D eigenvalue weighted by molar-refractivity contribution is 0.405. The van der Waals surface area contributed by atoms with Gasteiger partial charge in [-0.15, -0.1) is 0 Å². The lowest BCUT2D eigenvalue weighted by Crippen LogP contribution is -2.35. The maximum atomic E-state index is 6.28. The molecule has 7 heteroatoms. The minimum atomic E-state index is -0.228. The zero-order valence-electron chi connectivity index (χ0n) is 16.1. The molecule has 0 bridgehead atoms. The number of nitrogens with two attached hydrogens (primary N) is 1. The van der Waals surface area contributed by atoms with Gasteiger partial charge in [-0.25, -0.2) is 4.98 Å². The number of pyridine rings is 1. The van der Waals surface area contributed by atoms with E-state index in [1.165, 1.54) is 0 Å². The Morgan fingerprint density at radius 2 is 1.83 bits per heavy atom. The highest BCUT2D eigenvalue weighted by molar-refractivity contribution is 8.03. The minimum absolute atomic E-state index is 0.228. The van der Waals surface area contributed by atoms with Crippen LogP contribution in [0.2, 0.25) is 0 Å². The summed E-state index contributed by atoms with van der Waals surface area (Å²) < 4.78 is 11.7. The number of thioether (sulfide) groups is 1. The monoisotopic (exact) mass is 423 g/mol. The van der Waals surface area contributed by atoms with E-state index in [9.17, 15) is 0 Å². The molecule has 1 unspecified atom stereocenters. The van der Waals surface area contributed by atoms with Crippen molar-refractivity contribution in [2.45, 2.75) is 22.2 Å². The molecule has 5 nitrogen and oxygen atoms in total. The van der Waals surface area contributed by atoms with Crippen molar-refractivity contribution in [3.8, 4) is 17.2 Å². The number of nitrogens with zero attached hydrogens (tertiary/aromatic N) is 2. The normalized spacial score (nSPS) is 15.9. The van der Waals surface area contributed by atoms with E-state index in [1.807, 2.05) is 84.1 Å². The molecule has 0 saturated carbocycles. The molecule has 0 aliphatic carbocycles. The largest absolute Gasteiger partial charge is 0.496 e. The Balaban J connectivity index is 1.71. The van der Waals surface area contributed by atoms with Crippen LogP contribution in [0.3, 0.4) is 0 Å². The Bertz CT molecular complexity index is 1030. The number of allylic oxidation sites excluding steroid dienone is 1. The molecule has 1 aromatic heterocycles. The lowest BCUT2D eigenvalue weighted by Gasteiger charge is -2.26. The summed E-state index contributed by atoms with van der Waals surface area (Å²) in [5, 5.41) is 2.04. The highest BCUT2D eigenvalue weighted by atomic mass is 32.2. The summed E-state index contributed by atoms with van der Waals surface area (Å²) in [6, 6.07) is 19.6. The Morgan fingerprint density at radius 3 is 2.55 bits per heavy atom. The van der Waals surface area contributed by atoms with Gasteiger partial charge in [-0.3, -0.25) is 0 Å². The zero-order chi connectivity index (χ0) is 20.2. The smallest absolute Gasteiger partial charge is 0.178 e. The number of hydrogen-bond acceptors (Lipinski definition) is 7. The number of para-hydroxylation sites is 2. The van der Waals surface area contributed by atoms with E-state index in [2.05, 4.69) is 0 Å². The summed E-state index contributed by atoms with van der Waals surface area (Å²) >= 11 is 3.14. The average Bonchev–Trinajstić information content (AvgIpc) is 3.08. The van der Waals surface area contributed by atoms with Crippen molar-refractivity contribution in [1.82, 2.24) is 4.98 Å². The van der Waals surface area contributed by atoms with Crippen LogP contribution in [0, 0.1) is 0 Å². The zero-order valence-corrected chi connectivity index (χ0v) is 17.7. The summed E-state index contributed by atoms with van der Waals surface area (Å²) in [5.41, 5.74) is 7.09. The molecule has 0 saturated heterocycles. The molecule has 148 valence electrons. The van der Waals surface area contributed by atoms with Crippen molar-refractivity contribution in [2.24, 2.45) is 5.73 Å². The molecule has 3 aromatic rings. The number of anilines is 1. The van der Waals surface area contributed by atoms with Gasteiger partial charge in [-0.2, -0.15) is 0 Å². The third-order valence-electron chi connectivity index (χ3n) is 4.32. The predicted molar refractivity (Wildman–Crippen MR) is 120 cm³/mol. The van der Waals surface area contributed by atoms with Gasteiger partial charge in [0.2, 0.25) is 0 Å². The van der Waals surface area contributed by atoms with Gasteiger partial charge >= 0.3 is 0 Å². The van der Waals surface area contributed by atoms with Crippen molar-refractivity contribution in [2.75, 3.05) is 12.0 Å². The maximum Gasteiger partial charge on any atom is 0.178 e. The molecule has 4 rings (SSSR count). The third kappa shape index (κ3) is 4.37. The number of methoxy groups -OCH3 is 1. The van der Waals surface area contributed by atoms with E-state index in [0.717, 1.165) is 27.0 Å². The fourth-order valence-electron chi connectivity index (χ4n) is 2.95. The lowest BCUT2D eigenvalue weighted by atomic mass is 10.3. The summed E-state index contributed by atoms with van der Waals surface area (Å²) in [7, 11) is 1.67. The van der Waals surface area contributed by atoms with Crippen molar-refractivity contribution in [1.29, 1.82) is 0 Å². The summed E-state index contributed by atoms with van der Waals surface area (Å²) in [5.74, 6) is 2.92. The maximum absolute atomic E-state index is 6.28. The fraction of sp³-hybridized carbons (Fsp3) is 0.136. The second kappa shape index (κ2) is 8.82. The van der Waals surface area contributed by atoms with Crippen LogP contribution in [-0.4, -0.2) is 17.6 Å². The van der Waals surface area contributed by atoms with E-state index in [1.54, 1.807) is 30.6 Å². The first-order valence-electron chi connectivity index (χ1n) is 9.06. The summed E-state index contributed by atoms with van der Waals surface area (Å²) in [6.45, 7) is 2.02. The quantitative estimate of drug-likeness (QED) is 0.546. The predicted octanol–water partition coefficient (Wildman–Crippen LogP) is 5.69. The third-order valence-corrected chi connectivity index (χ3v) is 6.30. The number of benzene rings is 2. The van der Waals surface area contributed by atoms with Crippen molar-refractivity contribution in [3.63, 3.8) is 0 Å². The molecule has 29 heavy (non-hydrogen) atoms. The van der Waals surface area contributed by atoms with E-state index < -0.39 is 0 Å². The van der Waals surface area contributed by atoms with Gasteiger partial charge in [0.1, 0.15) is 17.0 Å². The Labute approximate surface area is 178 Å². The van der Waals surface area contributed by atoms with Crippen molar-refractivity contribution in [3.05, 3.63) is 78.0 Å². The van der Waals surface area contributed by atoms with Gasteiger partial charge in [-0.05, 0) is 36.6 Å². The highest BCUT2D eigenvalue weighted by Gasteiger charge is 2.27. The SMILES string of the molecule is COc1ccccc1Sc1cnc(N2C(C)=CSC2N)c(Oc2ccccc2)c1. The molecular formula is C22H21N3O2S2. The average molecular weight is 424 g/mol. The number of ether oxygens (including phenoxy) is 2. The van der Waals surface area contributed by atoms with Crippen LogP contribution in [0.15, 0.2) is 87.8 Å². The second-order valence-electron chi connectivity index (χ2n) is 6.32. The van der Waals surface area contributed by atoms with Crippen LogP contribution >= 0.6 is 23.5 Å². The van der Waals surface area contributed by atoms with E-state index in [4.69, 9.17) is 20.2 Å². The number of rotatable bonds is 6. The molecule has 0 radical (unpaired) electrons. The Morgan fingerprint density at radius 1 is 1.07 bits per heavy atom. The molecule has 0 fully saturated rings. The van der Waals surface area contributed by atoms with Crippen LogP contribution in [0.5, 0.6) is 17.2 Å². The molecular weight excluding hydrogens is 402 g/mol. The first-order valence-corrected chi connectivity index (χ1v) is 10.8. The molecule has 2 heterocycles. The van der Waals surface area contributed by atoms with E-state index in [0.29, 0.717) is 11.6 Å². The second-order valence-corrected chi connectivity index (χ2v) is 8.42. The van der Waals surface area contributed by atoms with Gasteiger partial charge < -0.3 is 20.1 Å². The number of hydrogen-bond donors (Lipinski definition) is 1. The minimum Gasteiger partial charge on any atom is -0.496 e. The van der Waals surface area contributed by atoms with Crippen molar-refractivity contribution < 1.29 is 9.47 Å². The standard InChI is InChI=1S/C22H21N3O2S2/c1-15-14-28-22(23)25(15)21-19(27-16-8-4-3-5-9-16)12-17(13-24-21)29-20-11-7-6-10-18(20)26-2/h3-14,22H,23H2,1-2H3. The molecule has 1 aliphatic rings. The van der Waals surface area contributed by atoms with Crippen molar-refractivity contribution >= 4 is 29.3 Å². The molecule has 1 atom stereocenters. The topological polar surface area (TPSA) is 60.6 Å². The van der Waals surface area contributed by atoms with E-state index in [-0.39, 0.29) is 5.50 Å². The summed E-state index contributed by atoms with van der Waals surface area (Å²) in [6.07, 6.45) is 1.84. The van der Waals surface area contributed by atoms with Crippen LogP contribution in [-0.2, 0) is 0 Å².